The number of alkyl halides is 3. The molecule has 11 heteroatoms. The molecule has 0 aromatic carbocycles. The van der Waals surface area contributed by atoms with Crippen molar-refractivity contribution in [2.24, 2.45) is 12.5 Å². The van der Waals surface area contributed by atoms with Gasteiger partial charge in [-0.2, -0.15) is 13.2 Å². The number of carboxylic acids is 1. The standard InChI is InChI=1S/C18H20N4O2.C2HF3O2/c1-20-8-3-5-15(20)17(24)21-9-6-18(12-21)10-16(23)22(13-18)14-4-2-7-19-11-14;3-2(4,5)1(6)7/h2-5,7-8,11H,6,9-10,12-13H2,1H3;(H,6,7). The summed E-state index contributed by atoms with van der Waals surface area (Å²) in [6, 6.07) is 7.47. The minimum absolute atomic E-state index is 0.0478. The molecule has 2 aromatic heterocycles. The molecule has 1 spiro atoms. The molecule has 0 aliphatic carbocycles. The number of halogens is 3. The van der Waals surface area contributed by atoms with E-state index in [0.717, 1.165) is 12.1 Å². The van der Waals surface area contributed by atoms with E-state index in [2.05, 4.69) is 4.98 Å². The van der Waals surface area contributed by atoms with Crippen molar-refractivity contribution in [3.63, 3.8) is 0 Å². The van der Waals surface area contributed by atoms with Gasteiger partial charge in [0.15, 0.2) is 0 Å². The molecule has 2 aromatic rings. The number of nitrogens with zero attached hydrogens (tertiary/aromatic N) is 4. The van der Waals surface area contributed by atoms with Gasteiger partial charge in [-0.25, -0.2) is 4.79 Å². The van der Waals surface area contributed by atoms with E-state index in [1.54, 1.807) is 12.4 Å². The van der Waals surface area contributed by atoms with Crippen LogP contribution >= 0.6 is 0 Å². The topological polar surface area (TPSA) is 95.7 Å². The number of carbonyl (C=O) groups is 3. The Morgan fingerprint density at radius 1 is 1.19 bits per heavy atom. The molecule has 4 rings (SSSR count). The van der Waals surface area contributed by atoms with Crippen LogP contribution in [0.2, 0.25) is 0 Å². The van der Waals surface area contributed by atoms with Gasteiger partial charge in [0.05, 0.1) is 11.9 Å². The molecule has 0 saturated carbocycles. The molecule has 8 nitrogen and oxygen atoms in total. The third-order valence-corrected chi connectivity index (χ3v) is 5.41. The highest BCUT2D eigenvalue weighted by molar-refractivity contribution is 5.97. The smallest absolute Gasteiger partial charge is 0.475 e. The van der Waals surface area contributed by atoms with E-state index in [1.165, 1.54) is 0 Å². The number of hydrogen-bond acceptors (Lipinski definition) is 4. The molecule has 2 aliphatic heterocycles. The molecule has 4 heterocycles. The number of anilines is 1. The van der Waals surface area contributed by atoms with E-state index in [0.29, 0.717) is 31.7 Å². The van der Waals surface area contributed by atoms with E-state index in [1.807, 2.05) is 51.9 Å². The molecule has 0 bridgehead atoms. The van der Waals surface area contributed by atoms with Gasteiger partial charge in [-0.15, -0.1) is 0 Å². The average molecular weight is 438 g/mol. The predicted octanol–water partition coefficient (Wildman–Crippen LogP) is 2.32. The van der Waals surface area contributed by atoms with Crippen molar-refractivity contribution in [3.8, 4) is 0 Å². The van der Waals surface area contributed by atoms with E-state index < -0.39 is 12.1 Å². The maximum absolute atomic E-state index is 12.7. The van der Waals surface area contributed by atoms with Crippen molar-refractivity contribution in [1.29, 1.82) is 0 Å². The van der Waals surface area contributed by atoms with E-state index >= 15 is 0 Å². The van der Waals surface area contributed by atoms with Gasteiger partial charge in [0, 0.05) is 50.9 Å². The lowest BCUT2D eigenvalue weighted by molar-refractivity contribution is -0.192. The van der Waals surface area contributed by atoms with Crippen LogP contribution in [0.4, 0.5) is 18.9 Å². The van der Waals surface area contributed by atoms with Gasteiger partial charge in [0.25, 0.3) is 5.91 Å². The molecule has 2 saturated heterocycles. The predicted molar refractivity (Wildman–Crippen MR) is 103 cm³/mol. The second-order valence-electron chi connectivity index (χ2n) is 7.65. The normalized spacial score (nSPS) is 20.7. The summed E-state index contributed by atoms with van der Waals surface area (Å²) >= 11 is 0. The van der Waals surface area contributed by atoms with Crippen molar-refractivity contribution in [1.82, 2.24) is 14.5 Å². The van der Waals surface area contributed by atoms with Crippen molar-refractivity contribution < 1.29 is 32.7 Å². The lowest BCUT2D eigenvalue weighted by atomic mass is 9.86. The van der Waals surface area contributed by atoms with Crippen LogP contribution in [-0.2, 0) is 16.6 Å². The molecular weight excluding hydrogens is 417 g/mol. The Kier molecular flexibility index (Phi) is 6.05. The van der Waals surface area contributed by atoms with Gasteiger partial charge in [-0.1, -0.05) is 0 Å². The fourth-order valence-electron chi connectivity index (χ4n) is 3.87. The first-order chi connectivity index (χ1) is 14.5. The highest BCUT2D eigenvalue weighted by Gasteiger charge is 2.49. The van der Waals surface area contributed by atoms with Crippen LogP contribution in [-0.4, -0.2) is 63.2 Å². The Labute approximate surface area is 175 Å². The van der Waals surface area contributed by atoms with Gasteiger partial charge < -0.3 is 19.5 Å². The monoisotopic (exact) mass is 438 g/mol. The molecule has 1 unspecified atom stereocenters. The number of carboxylic acid groups (broad SMARTS) is 1. The van der Waals surface area contributed by atoms with Crippen molar-refractivity contribution in [3.05, 3.63) is 48.5 Å². The van der Waals surface area contributed by atoms with Crippen LogP contribution in [0.25, 0.3) is 0 Å². The van der Waals surface area contributed by atoms with E-state index in [9.17, 15) is 22.8 Å². The van der Waals surface area contributed by atoms with Gasteiger partial charge in [-0.05, 0) is 30.7 Å². The average Bonchev–Trinajstić information content (AvgIpc) is 3.41. The SMILES string of the molecule is Cn1cccc1C(=O)N1CCC2(CC(=O)N(c3cccnc3)C2)C1.O=C(O)C(F)(F)F. The Hall–Kier alpha value is -3.37. The Morgan fingerprint density at radius 3 is 2.45 bits per heavy atom. The number of aromatic nitrogens is 2. The second-order valence-corrected chi connectivity index (χ2v) is 7.65. The third kappa shape index (κ3) is 4.86. The number of aliphatic carboxylic acids is 1. The summed E-state index contributed by atoms with van der Waals surface area (Å²) in [6.07, 6.45) is 1.58. The van der Waals surface area contributed by atoms with Crippen LogP contribution < -0.4 is 4.90 Å². The lowest BCUT2D eigenvalue weighted by Gasteiger charge is -2.24. The zero-order chi connectivity index (χ0) is 22.8. The fourth-order valence-corrected chi connectivity index (χ4v) is 3.87. The number of carbonyl (C=O) groups excluding carboxylic acids is 2. The van der Waals surface area contributed by atoms with Crippen molar-refractivity contribution in [2.45, 2.75) is 19.0 Å². The van der Waals surface area contributed by atoms with Gasteiger partial charge >= 0.3 is 12.1 Å². The highest BCUT2D eigenvalue weighted by atomic mass is 19.4. The Balaban J connectivity index is 0.000000339. The molecule has 166 valence electrons. The Bertz CT molecular complexity index is 976. The number of rotatable bonds is 2. The van der Waals surface area contributed by atoms with Crippen molar-refractivity contribution >= 4 is 23.5 Å². The highest BCUT2D eigenvalue weighted by Crippen LogP contribution is 2.42. The van der Waals surface area contributed by atoms with E-state index in [-0.39, 0.29) is 17.2 Å². The molecule has 2 fully saturated rings. The van der Waals surface area contributed by atoms with Crippen molar-refractivity contribution in [2.75, 3.05) is 24.5 Å². The first kappa shape index (κ1) is 22.3. The van der Waals surface area contributed by atoms with Gasteiger partial charge in [0.1, 0.15) is 5.69 Å². The van der Waals surface area contributed by atoms with Gasteiger partial charge in [0.2, 0.25) is 5.91 Å². The number of pyridine rings is 1. The summed E-state index contributed by atoms with van der Waals surface area (Å²) in [7, 11) is 1.88. The fraction of sp³-hybridized carbons (Fsp3) is 0.400. The number of hydrogen-bond donors (Lipinski definition) is 1. The van der Waals surface area contributed by atoms with Crippen LogP contribution in [0.5, 0.6) is 0 Å². The molecule has 31 heavy (non-hydrogen) atoms. The molecular formula is C20H21F3N4O4. The zero-order valence-electron chi connectivity index (χ0n) is 16.7. The Morgan fingerprint density at radius 2 is 1.90 bits per heavy atom. The number of likely N-dealkylation sites (tertiary alicyclic amines) is 1. The number of aryl methyl sites for hydroxylation is 1. The molecule has 2 aliphatic rings. The van der Waals surface area contributed by atoms with Crippen LogP contribution in [0.15, 0.2) is 42.9 Å². The zero-order valence-corrected chi connectivity index (χ0v) is 16.7. The molecule has 2 amide bonds. The van der Waals surface area contributed by atoms with Crippen LogP contribution in [0, 0.1) is 5.41 Å². The summed E-state index contributed by atoms with van der Waals surface area (Å²) in [6.45, 7) is 2.01. The lowest BCUT2D eigenvalue weighted by Crippen LogP contribution is -2.34. The summed E-state index contributed by atoms with van der Waals surface area (Å²) in [5.74, 6) is -2.59. The van der Waals surface area contributed by atoms with E-state index in [4.69, 9.17) is 9.90 Å². The largest absolute Gasteiger partial charge is 0.490 e. The summed E-state index contributed by atoms with van der Waals surface area (Å²) in [5.41, 5.74) is 1.40. The summed E-state index contributed by atoms with van der Waals surface area (Å²) in [4.78, 5) is 41.9. The maximum atomic E-state index is 12.7. The first-order valence-electron chi connectivity index (χ1n) is 9.43. The summed E-state index contributed by atoms with van der Waals surface area (Å²) in [5, 5.41) is 7.12. The van der Waals surface area contributed by atoms with Gasteiger partial charge in [-0.3, -0.25) is 14.6 Å². The minimum Gasteiger partial charge on any atom is -0.475 e. The van der Waals surface area contributed by atoms with Crippen LogP contribution in [0.1, 0.15) is 23.3 Å². The molecule has 0 radical (unpaired) electrons. The summed E-state index contributed by atoms with van der Waals surface area (Å²) < 4.78 is 33.6. The number of amides is 2. The molecule has 1 N–H and O–H groups in total. The molecule has 1 atom stereocenters. The first-order valence-corrected chi connectivity index (χ1v) is 9.43. The minimum atomic E-state index is -5.08. The van der Waals surface area contributed by atoms with Crippen LogP contribution in [0.3, 0.4) is 0 Å². The quantitative estimate of drug-likeness (QED) is 0.777. The maximum Gasteiger partial charge on any atom is 0.490 e. The third-order valence-electron chi connectivity index (χ3n) is 5.41. The second kappa shape index (κ2) is 8.40.